The maximum absolute atomic E-state index is 12.5. The van der Waals surface area contributed by atoms with Gasteiger partial charge in [0.05, 0.1) is 6.04 Å². The summed E-state index contributed by atoms with van der Waals surface area (Å²) in [7, 11) is 0. The first-order valence-corrected chi connectivity index (χ1v) is 8.92. The summed E-state index contributed by atoms with van der Waals surface area (Å²) in [5.41, 5.74) is -0.509. The van der Waals surface area contributed by atoms with Crippen molar-refractivity contribution >= 4 is 29.3 Å². The van der Waals surface area contributed by atoms with Crippen LogP contribution in [0.25, 0.3) is 0 Å². The highest BCUT2D eigenvalue weighted by Crippen LogP contribution is 2.47. The fourth-order valence-electron chi connectivity index (χ4n) is 3.10. The number of aromatic nitrogens is 1. The third-order valence-corrected chi connectivity index (χ3v) is 4.71. The minimum atomic E-state index is -0.509. The molecular weight excluding hydrogens is 351 g/mol. The first-order valence-electron chi connectivity index (χ1n) is 8.17. The SMILES string of the molecule is CC(C)(C)OC(=O)N1C[C@H]2C[C@H]2C[C@H]1COc1cc(Cl)cc(Cl)n1. The predicted molar refractivity (Wildman–Crippen MR) is 92.7 cm³/mol. The number of rotatable bonds is 3. The van der Waals surface area contributed by atoms with E-state index in [1.165, 1.54) is 6.42 Å². The number of amides is 1. The molecule has 24 heavy (non-hydrogen) atoms. The van der Waals surface area contributed by atoms with Crippen molar-refractivity contribution in [1.29, 1.82) is 0 Å². The largest absolute Gasteiger partial charge is 0.475 e. The molecule has 0 radical (unpaired) electrons. The number of halogens is 2. The van der Waals surface area contributed by atoms with Crippen LogP contribution in [0.5, 0.6) is 5.88 Å². The van der Waals surface area contributed by atoms with Gasteiger partial charge in [-0.05, 0) is 51.5 Å². The highest BCUT2D eigenvalue weighted by Gasteiger charge is 2.48. The summed E-state index contributed by atoms with van der Waals surface area (Å²) in [6.07, 6.45) is 1.83. The van der Waals surface area contributed by atoms with Gasteiger partial charge in [-0.15, -0.1) is 0 Å². The van der Waals surface area contributed by atoms with Crippen LogP contribution in [0.1, 0.15) is 33.6 Å². The molecule has 1 aliphatic heterocycles. The lowest BCUT2D eigenvalue weighted by Crippen LogP contribution is -2.49. The van der Waals surface area contributed by atoms with Crippen LogP contribution in [0.2, 0.25) is 10.2 Å². The minimum Gasteiger partial charge on any atom is -0.475 e. The Balaban J connectivity index is 1.66. The summed E-state index contributed by atoms with van der Waals surface area (Å²) in [6, 6.07) is 3.15. The van der Waals surface area contributed by atoms with Gasteiger partial charge in [-0.2, -0.15) is 0 Å². The number of hydrogen-bond donors (Lipinski definition) is 0. The van der Waals surface area contributed by atoms with Gasteiger partial charge in [-0.1, -0.05) is 23.2 Å². The molecule has 2 heterocycles. The van der Waals surface area contributed by atoms with Crippen molar-refractivity contribution in [1.82, 2.24) is 9.88 Å². The number of piperidine rings is 1. The fourth-order valence-corrected chi connectivity index (χ4v) is 3.56. The van der Waals surface area contributed by atoms with Gasteiger partial charge in [0.1, 0.15) is 17.4 Å². The molecule has 5 nitrogen and oxygen atoms in total. The molecule has 1 amide bonds. The number of hydrogen-bond acceptors (Lipinski definition) is 4. The molecule has 0 unspecified atom stereocenters. The zero-order valence-corrected chi connectivity index (χ0v) is 15.6. The number of pyridine rings is 1. The van der Waals surface area contributed by atoms with E-state index in [1.807, 2.05) is 20.8 Å². The smallest absolute Gasteiger partial charge is 0.410 e. The van der Waals surface area contributed by atoms with E-state index in [1.54, 1.807) is 17.0 Å². The number of nitrogens with zero attached hydrogens (tertiary/aromatic N) is 2. The number of likely N-dealkylation sites (tertiary alicyclic amines) is 1. The standard InChI is InChI=1S/C17H22Cl2N2O3/c1-17(2,3)24-16(22)21-8-11-4-10(11)5-13(21)9-23-15-7-12(18)6-14(19)20-15/h6-7,10-11,13H,4-5,8-9H2,1-3H3/t10-,11+,13-/m0/s1. The summed E-state index contributed by atoms with van der Waals surface area (Å²) >= 11 is 11.9. The van der Waals surface area contributed by atoms with Gasteiger partial charge in [0.25, 0.3) is 0 Å². The van der Waals surface area contributed by atoms with Crippen molar-refractivity contribution < 1.29 is 14.3 Å². The molecule has 3 rings (SSSR count). The Morgan fingerprint density at radius 2 is 2.04 bits per heavy atom. The van der Waals surface area contributed by atoms with Crippen LogP contribution in [0.3, 0.4) is 0 Å². The van der Waals surface area contributed by atoms with E-state index in [4.69, 9.17) is 32.7 Å². The third kappa shape index (κ3) is 4.45. The van der Waals surface area contributed by atoms with Crippen molar-refractivity contribution in [2.24, 2.45) is 11.8 Å². The Labute approximate surface area is 152 Å². The van der Waals surface area contributed by atoms with Crippen LogP contribution < -0.4 is 4.74 Å². The van der Waals surface area contributed by atoms with Crippen LogP contribution in [0.15, 0.2) is 12.1 Å². The summed E-state index contributed by atoms with van der Waals surface area (Å²) in [5, 5.41) is 0.757. The molecule has 1 saturated heterocycles. The van der Waals surface area contributed by atoms with Crippen molar-refractivity contribution in [2.75, 3.05) is 13.2 Å². The second kappa shape index (κ2) is 6.60. The number of carbonyl (C=O) groups excluding carboxylic acids is 1. The van der Waals surface area contributed by atoms with Crippen molar-refractivity contribution in [2.45, 2.75) is 45.3 Å². The molecule has 7 heteroatoms. The van der Waals surface area contributed by atoms with Gasteiger partial charge < -0.3 is 14.4 Å². The lowest BCUT2D eigenvalue weighted by Gasteiger charge is -2.36. The lowest BCUT2D eigenvalue weighted by molar-refractivity contribution is 0.00201. The van der Waals surface area contributed by atoms with E-state index in [-0.39, 0.29) is 17.3 Å². The summed E-state index contributed by atoms with van der Waals surface area (Å²) in [6.45, 7) is 6.71. The van der Waals surface area contributed by atoms with E-state index in [0.717, 1.165) is 13.0 Å². The van der Waals surface area contributed by atoms with Crippen molar-refractivity contribution in [3.05, 3.63) is 22.3 Å². The van der Waals surface area contributed by atoms with Crippen LogP contribution in [-0.4, -0.2) is 40.8 Å². The first kappa shape index (κ1) is 17.6. The van der Waals surface area contributed by atoms with Gasteiger partial charge >= 0.3 is 6.09 Å². The van der Waals surface area contributed by atoms with Gasteiger partial charge in [0.15, 0.2) is 0 Å². The quantitative estimate of drug-likeness (QED) is 0.737. The summed E-state index contributed by atoms with van der Waals surface area (Å²) in [4.78, 5) is 18.4. The average Bonchev–Trinajstić information content (AvgIpc) is 3.19. The molecule has 1 aromatic heterocycles. The molecule has 2 aliphatic rings. The van der Waals surface area contributed by atoms with Crippen LogP contribution >= 0.6 is 23.2 Å². The summed E-state index contributed by atoms with van der Waals surface area (Å²) < 4.78 is 11.3. The van der Waals surface area contributed by atoms with Gasteiger partial charge in [0.2, 0.25) is 5.88 Å². The maximum Gasteiger partial charge on any atom is 0.410 e. The molecule has 0 N–H and O–H groups in total. The van der Waals surface area contributed by atoms with Crippen LogP contribution in [0, 0.1) is 11.8 Å². The van der Waals surface area contributed by atoms with E-state index >= 15 is 0 Å². The Morgan fingerprint density at radius 1 is 1.29 bits per heavy atom. The molecule has 0 bridgehead atoms. The van der Waals surface area contributed by atoms with Crippen LogP contribution in [-0.2, 0) is 4.74 Å². The van der Waals surface area contributed by atoms with Gasteiger partial charge in [0, 0.05) is 17.6 Å². The maximum atomic E-state index is 12.5. The number of ether oxygens (including phenoxy) is 2. The third-order valence-electron chi connectivity index (χ3n) is 4.30. The van der Waals surface area contributed by atoms with Crippen molar-refractivity contribution in [3.63, 3.8) is 0 Å². The fraction of sp³-hybridized carbons (Fsp3) is 0.647. The molecular formula is C17H22Cl2N2O3. The van der Waals surface area contributed by atoms with Crippen LogP contribution in [0.4, 0.5) is 4.79 Å². The monoisotopic (exact) mass is 372 g/mol. The highest BCUT2D eigenvalue weighted by atomic mass is 35.5. The number of fused-ring (bicyclic) bond motifs is 1. The Morgan fingerprint density at radius 3 is 2.71 bits per heavy atom. The lowest BCUT2D eigenvalue weighted by atomic mass is 10.0. The predicted octanol–water partition coefficient (Wildman–Crippen LogP) is 4.41. The second-order valence-corrected chi connectivity index (χ2v) is 8.36. The molecule has 132 valence electrons. The number of carbonyl (C=O) groups is 1. The Bertz CT molecular complexity index is 613. The minimum absolute atomic E-state index is 0.0249. The van der Waals surface area contributed by atoms with Gasteiger partial charge in [-0.25, -0.2) is 9.78 Å². The van der Waals surface area contributed by atoms with E-state index in [9.17, 15) is 4.79 Å². The van der Waals surface area contributed by atoms with E-state index in [0.29, 0.717) is 29.3 Å². The second-order valence-electron chi connectivity index (χ2n) is 7.54. The van der Waals surface area contributed by atoms with E-state index in [2.05, 4.69) is 4.98 Å². The molecule has 0 aromatic carbocycles. The molecule has 1 aromatic rings. The van der Waals surface area contributed by atoms with E-state index < -0.39 is 5.60 Å². The molecule has 2 fully saturated rings. The highest BCUT2D eigenvalue weighted by molar-refractivity contribution is 6.34. The zero-order valence-electron chi connectivity index (χ0n) is 14.1. The topological polar surface area (TPSA) is 51.7 Å². The molecule has 0 spiro atoms. The summed E-state index contributed by atoms with van der Waals surface area (Å²) in [5.74, 6) is 1.66. The Hall–Kier alpha value is -1.20. The Kier molecular flexibility index (Phi) is 4.85. The average molecular weight is 373 g/mol. The normalized spacial score (nSPS) is 25.9. The van der Waals surface area contributed by atoms with Crippen molar-refractivity contribution in [3.8, 4) is 5.88 Å². The molecule has 1 aliphatic carbocycles. The molecule has 1 saturated carbocycles. The molecule has 3 atom stereocenters. The van der Waals surface area contributed by atoms with Gasteiger partial charge in [-0.3, -0.25) is 0 Å². The first-order chi connectivity index (χ1) is 11.2. The zero-order chi connectivity index (χ0) is 17.5.